The number of benzene rings is 1. The number of rotatable bonds is 9. The molecule has 3 aromatic rings. The molecule has 190 valence electrons. The molecule has 1 saturated heterocycles. The van der Waals surface area contributed by atoms with Gasteiger partial charge in [0.2, 0.25) is 0 Å². The van der Waals surface area contributed by atoms with Gasteiger partial charge in [-0.3, -0.25) is 9.78 Å². The number of nitrogens with one attached hydrogen (secondary N) is 2. The van der Waals surface area contributed by atoms with Crippen molar-refractivity contribution in [1.82, 2.24) is 25.0 Å². The molecular formula is C27H33FN6O2. The SMILES string of the molecule is COCCN1CCC(Nc2cncc(-n3cc(-c4cc(C(=O)NC5CC5)c(F)cc4C)cn3)c2)CC1. The number of hydrogen-bond donors (Lipinski definition) is 2. The summed E-state index contributed by atoms with van der Waals surface area (Å²) >= 11 is 0. The van der Waals surface area contributed by atoms with Crippen LogP contribution in [0, 0.1) is 12.7 Å². The summed E-state index contributed by atoms with van der Waals surface area (Å²) in [5.41, 5.74) is 4.20. The number of halogens is 1. The van der Waals surface area contributed by atoms with Crippen LogP contribution in [0.4, 0.5) is 10.1 Å². The van der Waals surface area contributed by atoms with Crippen molar-refractivity contribution < 1.29 is 13.9 Å². The van der Waals surface area contributed by atoms with Gasteiger partial charge in [-0.1, -0.05) is 0 Å². The monoisotopic (exact) mass is 492 g/mol. The topological polar surface area (TPSA) is 84.3 Å². The van der Waals surface area contributed by atoms with Crippen LogP contribution in [0.15, 0.2) is 43.0 Å². The van der Waals surface area contributed by atoms with E-state index in [4.69, 9.17) is 4.74 Å². The first-order chi connectivity index (χ1) is 17.5. The lowest BCUT2D eigenvalue weighted by Crippen LogP contribution is -2.40. The second-order valence-corrected chi connectivity index (χ2v) is 9.75. The highest BCUT2D eigenvalue weighted by Gasteiger charge is 2.26. The van der Waals surface area contributed by atoms with Gasteiger partial charge in [-0.15, -0.1) is 0 Å². The Kier molecular flexibility index (Phi) is 7.29. The van der Waals surface area contributed by atoms with Crippen LogP contribution in [0.2, 0.25) is 0 Å². The lowest BCUT2D eigenvalue weighted by molar-refractivity contribution is 0.0947. The van der Waals surface area contributed by atoms with Crippen molar-refractivity contribution >= 4 is 11.6 Å². The van der Waals surface area contributed by atoms with Gasteiger partial charge in [0, 0.05) is 50.6 Å². The van der Waals surface area contributed by atoms with E-state index >= 15 is 0 Å². The van der Waals surface area contributed by atoms with E-state index in [1.54, 1.807) is 30.3 Å². The Labute approximate surface area is 210 Å². The summed E-state index contributed by atoms with van der Waals surface area (Å²) in [5, 5.41) is 11.0. The van der Waals surface area contributed by atoms with E-state index in [9.17, 15) is 9.18 Å². The van der Waals surface area contributed by atoms with Crippen molar-refractivity contribution in [3.63, 3.8) is 0 Å². The van der Waals surface area contributed by atoms with Gasteiger partial charge in [-0.25, -0.2) is 9.07 Å². The molecule has 0 radical (unpaired) electrons. The van der Waals surface area contributed by atoms with Gasteiger partial charge in [0.25, 0.3) is 5.91 Å². The number of nitrogens with zero attached hydrogens (tertiary/aromatic N) is 4. The van der Waals surface area contributed by atoms with Crippen molar-refractivity contribution in [2.24, 2.45) is 0 Å². The first kappa shape index (κ1) is 24.4. The third kappa shape index (κ3) is 5.74. The van der Waals surface area contributed by atoms with Crippen molar-refractivity contribution in [2.75, 3.05) is 38.7 Å². The molecule has 2 aromatic heterocycles. The molecule has 3 heterocycles. The summed E-state index contributed by atoms with van der Waals surface area (Å²) in [6, 6.07) is 5.64. The maximum absolute atomic E-state index is 14.5. The highest BCUT2D eigenvalue weighted by Crippen LogP contribution is 2.28. The molecule has 8 nitrogen and oxygen atoms in total. The van der Waals surface area contributed by atoms with Crippen LogP contribution in [0.1, 0.15) is 41.6 Å². The summed E-state index contributed by atoms with van der Waals surface area (Å²) in [6.07, 6.45) is 11.3. The Morgan fingerprint density at radius 1 is 1.11 bits per heavy atom. The Balaban J connectivity index is 1.29. The van der Waals surface area contributed by atoms with Gasteiger partial charge < -0.3 is 20.3 Å². The number of amides is 1. The first-order valence-electron chi connectivity index (χ1n) is 12.6. The van der Waals surface area contributed by atoms with Crippen LogP contribution in [0.25, 0.3) is 16.8 Å². The van der Waals surface area contributed by atoms with Crippen LogP contribution in [0.5, 0.6) is 0 Å². The number of aromatic nitrogens is 3. The normalized spacial score (nSPS) is 16.8. The molecule has 2 aliphatic rings. The maximum atomic E-state index is 14.5. The Bertz CT molecular complexity index is 1220. The molecule has 36 heavy (non-hydrogen) atoms. The Morgan fingerprint density at radius 2 is 1.92 bits per heavy atom. The predicted molar refractivity (Wildman–Crippen MR) is 137 cm³/mol. The molecule has 9 heteroatoms. The molecule has 1 amide bonds. The number of piperidine rings is 1. The fraction of sp³-hybridized carbons (Fsp3) is 0.444. The zero-order valence-corrected chi connectivity index (χ0v) is 20.8. The van der Waals surface area contributed by atoms with Crippen LogP contribution >= 0.6 is 0 Å². The Hall–Kier alpha value is -3.30. The van der Waals surface area contributed by atoms with E-state index in [0.717, 1.165) is 80.0 Å². The zero-order chi connectivity index (χ0) is 25.1. The molecule has 0 spiro atoms. The quantitative estimate of drug-likeness (QED) is 0.473. The molecule has 1 aliphatic heterocycles. The van der Waals surface area contributed by atoms with Crippen molar-refractivity contribution in [1.29, 1.82) is 0 Å². The predicted octanol–water partition coefficient (Wildman–Crippen LogP) is 3.80. The summed E-state index contributed by atoms with van der Waals surface area (Å²) in [4.78, 5) is 19.3. The third-order valence-corrected chi connectivity index (χ3v) is 6.92. The fourth-order valence-electron chi connectivity index (χ4n) is 4.64. The summed E-state index contributed by atoms with van der Waals surface area (Å²) in [6.45, 7) is 5.68. The molecule has 0 bridgehead atoms. The molecule has 1 saturated carbocycles. The van der Waals surface area contributed by atoms with E-state index in [2.05, 4.69) is 25.6 Å². The van der Waals surface area contributed by atoms with E-state index in [0.29, 0.717) is 6.04 Å². The second-order valence-electron chi connectivity index (χ2n) is 9.75. The standard InChI is InChI=1S/C27H33FN6O2/c1-18-11-26(28)25(27(35)32-20-3-4-20)13-24(18)19-14-30-34(17-19)23-12-22(15-29-16-23)31-21-5-7-33(8-6-21)9-10-36-2/h11-17,20-21,31H,3-10H2,1-2H3,(H,32,35). The average Bonchev–Trinajstić information content (AvgIpc) is 3.55. The number of aryl methyl sites for hydroxylation is 1. The smallest absolute Gasteiger partial charge is 0.254 e. The number of methoxy groups -OCH3 is 1. The summed E-state index contributed by atoms with van der Waals surface area (Å²) in [7, 11) is 1.74. The van der Waals surface area contributed by atoms with Gasteiger partial charge in [0.05, 0.1) is 42.1 Å². The minimum absolute atomic E-state index is 0.0661. The van der Waals surface area contributed by atoms with Crippen LogP contribution in [-0.4, -0.2) is 71.0 Å². The highest BCUT2D eigenvalue weighted by molar-refractivity contribution is 5.96. The first-order valence-corrected chi connectivity index (χ1v) is 12.6. The number of anilines is 1. The van der Waals surface area contributed by atoms with Crippen molar-refractivity contribution in [3.05, 3.63) is 59.9 Å². The molecule has 5 rings (SSSR count). The minimum Gasteiger partial charge on any atom is -0.383 e. The number of carbonyl (C=O) groups is 1. The van der Waals surface area contributed by atoms with Gasteiger partial charge in [-0.05, 0) is 61.9 Å². The minimum atomic E-state index is -0.505. The van der Waals surface area contributed by atoms with Crippen LogP contribution in [0.3, 0.4) is 0 Å². The highest BCUT2D eigenvalue weighted by atomic mass is 19.1. The molecule has 2 N–H and O–H groups in total. The molecule has 0 unspecified atom stereocenters. The van der Waals surface area contributed by atoms with E-state index < -0.39 is 5.82 Å². The molecule has 0 atom stereocenters. The Morgan fingerprint density at radius 3 is 2.67 bits per heavy atom. The van der Waals surface area contributed by atoms with Crippen LogP contribution < -0.4 is 10.6 Å². The van der Waals surface area contributed by atoms with E-state index in [1.807, 2.05) is 25.4 Å². The van der Waals surface area contributed by atoms with E-state index in [-0.39, 0.29) is 17.5 Å². The number of hydrogen-bond acceptors (Lipinski definition) is 6. The van der Waals surface area contributed by atoms with Gasteiger partial charge in [0.15, 0.2) is 0 Å². The molecule has 1 aliphatic carbocycles. The number of likely N-dealkylation sites (tertiary alicyclic amines) is 1. The summed E-state index contributed by atoms with van der Waals surface area (Å²) < 4.78 is 21.5. The average molecular weight is 493 g/mol. The zero-order valence-electron chi connectivity index (χ0n) is 20.8. The number of ether oxygens (including phenoxy) is 1. The van der Waals surface area contributed by atoms with Crippen molar-refractivity contribution in [3.8, 4) is 16.8 Å². The fourth-order valence-corrected chi connectivity index (χ4v) is 4.64. The van der Waals surface area contributed by atoms with Crippen molar-refractivity contribution in [2.45, 2.75) is 44.7 Å². The number of pyridine rings is 1. The molecule has 2 fully saturated rings. The number of carbonyl (C=O) groups excluding carboxylic acids is 1. The second kappa shape index (κ2) is 10.8. The largest absolute Gasteiger partial charge is 0.383 e. The lowest BCUT2D eigenvalue weighted by atomic mass is 9.99. The molecular weight excluding hydrogens is 459 g/mol. The summed E-state index contributed by atoms with van der Waals surface area (Å²) in [5.74, 6) is -0.870. The lowest BCUT2D eigenvalue weighted by Gasteiger charge is -2.32. The van der Waals surface area contributed by atoms with Gasteiger partial charge in [0.1, 0.15) is 5.82 Å². The molecule has 1 aromatic carbocycles. The van der Waals surface area contributed by atoms with Gasteiger partial charge >= 0.3 is 0 Å². The van der Waals surface area contributed by atoms with Crippen LogP contribution in [-0.2, 0) is 4.74 Å². The van der Waals surface area contributed by atoms with Gasteiger partial charge in [-0.2, -0.15) is 5.10 Å². The van der Waals surface area contributed by atoms with E-state index in [1.165, 1.54) is 6.07 Å². The third-order valence-electron chi connectivity index (χ3n) is 6.92. The maximum Gasteiger partial charge on any atom is 0.254 e.